The molecule has 1 fully saturated rings. The van der Waals surface area contributed by atoms with Gasteiger partial charge in [0.25, 0.3) is 0 Å². The third kappa shape index (κ3) is 3.00. The number of aromatic nitrogens is 2. The lowest BCUT2D eigenvalue weighted by atomic mass is 9.86. The summed E-state index contributed by atoms with van der Waals surface area (Å²) in [6, 6.07) is 1.96. The van der Waals surface area contributed by atoms with Crippen molar-refractivity contribution < 1.29 is 9.84 Å². The second kappa shape index (κ2) is 5.88. The molecule has 0 aromatic carbocycles. The van der Waals surface area contributed by atoms with Gasteiger partial charge in [-0.2, -0.15) is 0 Å². The first-order valence-electron chi connectivity index (χ1n) is 6.45. The molecule has 1 aliphatic rings. The summed E-state index contributed by atoms with van der Waals surface area (Å²) in [6.07, 6.45) is 0. The maximum atomic E-state index is 9.87. The van der Waals surface area contributed by atoms with Crippen LogP contribution >= 0.6 is 22.6 Å². The van der Waals surface area contributed by atoms with E-state index in [2.05, 4.69) is 51.3 Å². The third-order valence-electron chi connectivity index (χ3n) is 3.90. The van der Waals surface area contributed by atoms with E-state index >= 15 is 0 Å². The highest BCUT2D eigenvalue weighted by molar-refractivity contribution is 14.1. The van der Waals surface area contributed by atoms with E-state index in [1.54, 1.807) is 0 Å². The fourth-order valence-electron chi connectivity index (χ4n) is 2.39. The molecule has 1 unspecified atom stereocenters. The molecule has 106 valence electrons. The summed E-state index contributed by atoms with van der Waals surface area (Å²) in [5.74, 6) is 1.85. The van der Waals surface area contributed by atoms with Crippen LogP contribution in [0.25, 0.3) is 0 Å². The second-order valence-electron chi connectivity index (χ2n) is 5.24. The number of aryl methyl sites for hydroxylation is 1. The Morgan fingerprint density at radius 2 is 2.32 bits per heavy atom. The highest BCUT2D eigenvalue weighted by Crippen LogP contribution is 2.31. The molecule has 0 radical (unpaired) electrons. The van der Waals surface area contributed by atoms with Crippen molar-refractivity contribution in [2.45, 2.75) is 26.3 Å². The average Bonchev–Trinajstić information content (AvgIpc) is 2.49. The molecule has 0 amide bonds. The summed E-state index contributed by atoms with van der Waals surface area (Å²) >= 11 is 2.19. The van der Waals surface area contributed by atoms with E-state index < -0.39 is 0 Å². The first kappa shape index (κ1) is 14.9. The van der Waals surface area contributed by atoms with Gasteiger partial charge < -0.3 is 14.7 Å². The molecule has 5 nitrogen and oxygen atoms in total. The van der Waals surface area contributed by atoms with Gasteiger partial charge in [-0.1, -0.05) is 6.92 Å². The van der Waals surface area contributed by atoms with Crippen LogP contribution in [-0.4, -0.2) is 47.0 Å². The summed E-state index contributed by atoms with van der Waals surface area (Å²) in [7, 11) is 0. The van der Waals surface area contributed by atoms with Crippen LogP contribution < -0.4 is 4.90 Å². The van der Waals surface area contributed by atoms with Crippen LogP contribution in [0.2, 0.25) is 0 Å². The Morgan fingerprint density at radius 3 is 2.95 bits per heavy atom. The van der Waals surface area contributed by atoms with Crippen LogP contribution in [0, 0.1) is 16.5 Å². The molecule has 1 aromatic rings. The minimum absolute atomic E-state index is 0.0805. The molecular formula is C13H20IN3O2. The maximum Gasteiger partial charge on any atom is 0.133 e. The Hall–Kier alpha value is -0.470. The second-order valence-corrected chi connectivity index (χ2v) is 6.34. The van der Waals surface area contributed by atoms with Crippen molar-refractivity contribution in [3.8, 4) is 0 Å². The molecule has 0 bridgehead atoms. The van der Waals surface area contributed by atoms with Crippen LogP contribution in [-0.2, 0) is 4.74 Å². The lowest BCUT2D eigenvalue weighted by Gasteiger charge is -2.42. The summed E-state index contributed by atoms with van der Waals surface area (Å²) < 4.78 is 6.53. The number of rotatable bonds is 2. The average molecular weight is 377 g/mol. The molecule has 2 rings (SSSR count). The third-order valence-corrected chi connectivity index (χ3v) is 4.45. The predicted molar refractivity (Wildman–Crippen MR) is 82.3 cm³/mol. The van der Waals surface area contributed by atoms with Crippen molar-refractivity contribution in [2.75, 3.05) is 31.3 Å². The number of nitrogens with zero attached hydrogens (tertiary/aromatic N) is 3. The highest BCUT2D eigenvalue weighted by atomic mass is 127. The molecule has 0 aliphatic carbocycles. The highest BCUT2D eigenvalue weighted by Gasteiger charge is 2.39. The Kier molecular flexibility index (Phi) is 4.62. The standard InChI is InChI=1S/C13H20IN3O2/c1-9-7-19-5-4-17(13(9,3)8-18)12-6-11(14)15-10(2)16-12/h6,9,18H,4-5,7-8H2,1-3H3/t9?,13-/m0/s1. The molecule has 0 spiro atoms. The molecule has 1 aromatic heterocycles. The smallest absolute Gasteiger partial charge is 0.133 e. The van der Waals surface area contributed by atoms with Gasteiger partial charge in [-0.05, 0) is 36.4 Å². The van der Waals surface area contributed by atoms with Crippen LogP contribution in [0.3, 0.4) is 0 Å². The van der Waals surface area contributed by atoms with E-state index in [-0.39, 0.29) is 18.1 Å². The van der Waals surface area contributed by atoms with E-state index in [0.717, 1.165) is 21.9 Å². The summed E-state index contributed by atoms with van der Waals surface area (Å²) in [5.41, 5.74) is -0.361. The first-order valence-corrected chi connectivity index (χ1v) is 7.52. The number of hydrogen-bond donors (Lipinski definition) is 1. The molecule has 2 atom stereocenters. The van der Waals surface area contributed by atoms with Gasteiger partial charge >= 0.3 is 0 Å². The van der Waals surface area contributed by atoms with Gasteiger partial charge in [0.05, 0.1) is 25.4 Å². The van der Waals surface area contributed by atoms with Gasteiger partial charge in [0.1, 0.15) is 15.3 Å². The molecule has 0 saturated carbocycles. The van der Waals surface area contributed by atoms with Crippen molar-refractivity contribution in [3.05, 3.63) is 15.6 Å². The predicted octanol–water partition coefficient (Wildman–Crippen LogP) is 1.61. The number of aliphatic hydroxyl groups is 1. The minimum atomic E-state index is -0.361. The van der Waals surface area contributed by atoms with E-state index in [1.165, 1.54) is 0 Å². The Balaban J connectivity index is 2.43. The van der Waals surface area contributed by atoms with Crippen molar-refractivity contribution >= 4 is 28.4 Å². The van der Waals surface area contributed by atoms with Gasteiger partial charge in [0.2, 0.25) is 0 Å². The lowest BCUT2D eigenvalue weighted by molar-refractivity contribution is 0.0895. The number of hydrogen-bond acceptors (Lipinski definition) is 5. The number of anilines is 1. The molecule has 6 heteroatoms. The van der Waals surface area contributed by atoms with E-state index in [4.69, 9.17) is 4.74 Å². The fraction of sp³-hybridized carbons (Fsp3) is 0.692. The van der Waals surface area contributed by atoms with Gasteiger partial charge in [0.15, 0.2) is 0 Å². The van der Waals surface area contributed by atoms with Gasteiger partial charge in [-0.15, -0.1) is 0 Å². The molecule has 2 heterocycles. The zero-order valence-corrected chi connectivity index (χ0v) is 13.7. The lowest BCUT2D eigenvalue weighted by Crippen LogP contribution is -2.54. The largest absolute Gasteiger partial charge is 0.394 e. The van der Waals surface area contributed by atoms with Crippen molar-refractivity contribution in [1.82, 2.24) is 9.97 Å². The van der Waals surface area contributed by atoms with Crippen LogP contribution in [0.1, 0.15) is 19.7 Å². The SMILES string of the molecule is Cc1nc(I)cc(N2CCOCC(C)[C@]2(C)CO)n1. The number of aliphatic hydroxyl groups excluding tert-OH is 1. The quantitative estimate of drug-likeness (QED) is 0.627. The Bertz CT molecular complexity index is 437. The molecule has 1 N–H and O–H groups in total. The van der Waals surface area contributed by atoms with Crippen molar-refractivity contribution in [2.24, 2.45) is 5.92 Å². The minimum Gasteiger partial charge on any atom is -0.394 e. The van der Waals surface area contributed by atoms with Crippen LogP contribution in [0.5, 0.6) is 0 Å². The van der Waals surface area contributed by atoms with Crippen molar-refractivity contribution in [3.63, 3.8) is 0 Å². The van der Waals surface area contributed by atoms with E-state index in [0.29, 0.717) is 13.2 Å². The molecular weight excluding hydrogens is 357 g/mol. The summed E-state index contributed by atoms with van der Waals surface area (Å²) in [4.78, 5) is 11.0. The fourth-order valence-corrected chi connectivity index (χ4v) is 3.02. The topological polar surface area (TPSA) is 58.5 Å². The normalized spacial score (nSPS) is 28.3. The zero-order chi connectivity index (χ0) is 14.0. The number of halogens is 1. The van der Waals surface area contributed by atoms with Crippen molar-refractivity contribution in [1.29, 1.82) is 0 Å². The van der Waals surface area contributed by atoms with Gasteiger partial charge in [-0.3, -0.25) is 0 Å². The number of ether oxygens (including phenoxy) is 1. The zero-order valence-electron chi connectivity index (χ0n) is 11.6. The summed E-state index contributed by atoms with van der Waals surface area (Å²) in [6.45, 7) is 8.18. The maximum absolute atomic E-state index is 9.87. The van der Waals surface area contributed by atoms with Gasteiger partial charge in [0, 0.05) is 18.5 Å². The monoisotopic (exact) mass is 377 g/mol. The van der Waals surface area contributed by atoms with Crippen LogP contribution in [0.4, 0.5) is 5.82 Å². The Morgan fingerprint density at radius 1 is 1.58 bits per heavy atom. The summed E-state index contributed by atoms with van der Waals surface area (Å²) in [5, 5.41) is 9.87. The van der Waals surface area contributed by atoms with Gasteiger partial charge in [-0.25, -0.2) is 9.97 Å². The van der Waals surface area contributed by atoms with E-state index in [1.807, 2.05) is 13.0 Å². The van der Waals surface area contributed by atoms with E-state index in [9.17, 15) is 5.11 Å². The molecule has 1 aliphatic heterocycles. The van der Waals surface area contributed by atoms with Crippen LogP contribution in [0.15, 0.2) is 6.07 Å². The molecule has 1 saturated heterocycles. The first-order chi connectivity index (χ1) is 8.97. The molecule has 19 heavy (non-hydrogen) atoms. The Labute approximate surface area is 127 Å².